The van der Waals surface area contributed by atoms with E-state index in [1.807, 2.05) is 43.3 Å². The third-order valence-electron chi connectivity index (χ3n) is 7.16. The number of pyridine rings is 2. The topological polar surface area (TPSA) is 29.9 Å². The van der Waals surface area contributed by atoms with Crippen LogP contribution < -0.4 is 4.57 Å². The smallest absolute Gasteiger partial charge is 0.216 e. The van der Waals surface area contributed by atoms with Crippen LogP contribution in [0.3, 0.4) is 0 Å². The molecule has 1 aliphatic carbocycles. The molecule has 34 heavy (non-hydrogen) atoms. The van der Waals surface area contributed by atoms with E-state index < -0.39 is 25.0 Å². The van der Waals surface area contributed by atoms with Crippen LogP contribution in [0.5, 0.6) is 0 Å². The average Bonchev–Trinajstić information content (AvgIpc) is 3.37. The van der Waals surface area contributed by atoms with Crippen molar-refractivity contribution in [3.8, 4) is 22.4 Å². The molecule has 1 unspecified atom stereocenters. The molecule has 0 saturated carbocycles. The van der Waals surface area contributed by atoms with E-state index in [1.54, 1.807) is 50.8 Å². The molecule has 170 valence electrons. The Morgan fingerprint density at radius 1 is 1.06 bits per heavy atom. The fraction of sp³-hybridized carbons (Fsp3) is 0.290. The molecule has 0 aliphatic heterocycles. The number of rotatable bonds is 2. The highest BCUT2D eigenvalue weighted by Crippen LogP contribution is 2.52. The van der Waals surface area contributed by atoms with Gasteiger partial charge in [0.1, 0.15) is 18.2 Å². The summed E-state index contributed by atoms with van der Waals surface area (Å²) in [6.07, 6.45) is 3.21. The predicted octanol–water partition coefficient (Wildman–Crippen LogP) is 7.52. The SMILES string of the molecule is [2H]C([2H])([2H])c1c[n+](C)c(-c2c(C)ccc3c2oc2c4c(ccc23)-c2cccnc2C4(C)C([2H])([2H])[2H])cc1C([2H])(C)C. The van der Waals surface area contributed by atoms with E-state index in [2.05, 4.69) is 4.98 Å². The zero-order chi connectivity index (χ0) is 29.9. The summed E-state index contributed by atoms with van der Waals surface area (Å²) >= 11 is 0. The summed E-state index contributed by atoms with van der Waals surface area (Å²) in [5, 5.41) is 1.62. The number of benzene rings is 2. The molecule has 0 bridgehead atoms. The highest BCUT2D eigenvalue weighted by atomic mass is 16.3. The number of hydrogen-bond acceptors (Lipinski definition) is 2. The van der Waals surface area contributed by atoms with Crippen LogP contribution in [0, 0.1) is 13.8 Å². The summed E-state index contributed by atoms with van der Waals surface area (Å²) in [6, 6.07) is 13.4. The van der Waals surface area contributed by atoms with Crippen LogP contribution in [0.1, 0.15) is 71.1 Å². The van der Waals surface area contributed by atoms with E-state index in [9.17, 15) is 0 Å². The van der Waals surface area contributed by atoms with Gasteiger partial charge in [-0.3, -0.25) is 4.98 Å². The van der Waals surface area contributed by atoms with Crippen LogP contribution in [-0.4, -0.2) is 4.98 Å². The molecule has 1 atom stereocenters. The number of nitrogens with zero attached hydrogens (tertiary/aromatic N) is 2. The number of aryl methyl sites for hydroxylation is 3. The summed E-state index contributed by atoms with van der Waals surface area (Å²) in [5.41, 5.74) is 5.31. The molecule has 0 fully saturated rings. The van der Waals surface area contributed by atoms with Gasteiger partial charge >= 0.3 is 0 Å². The molecule has 1 aliphatic rings. The van der Waals surface area contributed by atoms with E-state index >= 15 is 0 Å². The molecule has 0 N–H and O–H groups in total. The van der Waals surface area contributed by atoms with Gasteiger partial charge in [0.25, 0.3) is 0 Å². The van der Waals surface area contributed by atoms with Gasteiger partial charge in [-0.15, -0.1) is 0 Å². The van der Waals surface area contributed by atoms with Crippen LogP contribution >= 0.6 is 0 Å². The van der Waals surface area contributed by atoms with Gasteiger partial charge in [0.05, 0.1) is 11.3 Å². The standard InChI is InChI=1S/C31H31N2O/c1-17(2)24-15-25(33(7)16-19(24)4)26-18(3)10-11-21-22-13-12-20-23-9-8-14-32-30(23)31(5,6)27(20)29(22)34-28(21)26/h8-17H,1-7H3/q+1/i4D3,5D3,17D. The van der Waals surface area contributed by atoms with E-state index in [-0.39, 0.29) is 5.56 Å². The molecule has 0 amide bonds. The Labute approximate surface area is 210 Å². The predicted molar refractivity (Wildman–Crippen MR) is 139 cm³/mol. The minimum absolute atomic E-state index is 0.134. The van der Waals surface area contributed by atoms with Crippen molar-refractivity contribution in [2.75, 3.05) is 0 Å². The second-order valence-corrected chi connectivity index (χ2v) is 9.72. The van der Waals surface area contributed by atoms with Crippen molar-refractivity contribution in [2.45, 2.75) is 52.7 Å². The number of aromatic nitrogens is 2. The van der Waals surface area contributed by atoms with Gasteiger partial charge in [0.15, 0.2) is 6.20 Å². The van der Waals surface area contributed by atoms with Crippen molar-refractivity contribution in [2.24, 2.45) is 7.05 Å². The zero-order valence-electron chi connectivity index (χ0n) is 27.0. The van der Waals surface area contributed by atoms with Crippen LogP contribution in [0.2, 0.25) is 0 Å². The Morgan fingerprint density at radius 3 is 2.62 bits per heavy atom. The summed E-state index contributed by atoms with van der Waals surface area (Å²) in [4.78, 5) is 4.54. The average molecular weight is 455 g/mol. The maximum atomic E-state index is 8.74. The van der Waals surface area contributed by atoms with Crippen LogP contribution in [-0.2, 0) is 12.5 Å². The van der Waals surface area contributed by atoms with Gasteiger partial charge in [-0.1, -0.05) is 38.1 Å². The van der Waals surface area contributed by atoms with E-state index in [1.165, 1.54) is 0 Å². The first-order valence-electron chi connectivity index (χ1n) is 15.0. The zero-order valence-corrected chi connectivity index (χ0v) is 20.0. The first-order valence-corrected chi connectivity index (χ1v) is 11.5. The Morgan fingerprint density at radius 2 is 1.85 bits per heavy atom. The number of furan rings is 1. The fourth-order valence-corrected chi connectivity index (χ4v) is 5.49. The van der Waals surface area contributed by atoms with Gasteiger partial charge in [0, 0.05) is 54.7 Å². The largest absolute Gasteiger partial charge is 0.455 e. The van der Waals surface area contributed by atoms with E-state index in [0.29, 0.717) is 33.7 Å². The second-order valence-electron chi connectivity index (χ2n) is 9.72. The summed E-state index contributed by atoms with van der Waals surface area (Å²) in [6.45, 7) is 2.27. The van der Waals surface area contributed by atoms with Gasteiger partial charge in [-0.2, -0.15) is 0 Å². The molecule has 2 aromatic carbocycles. The van der Waals surface area contributed by atoms with E-state index in [4.69, 9.17) is 14.0 Å². The first-order chi connectivity index (χ1) is 19.0. The minimum Gasteiger partial charge on any atom is -0.455 e. The van der Waals surface area contributed by atoms with Crippen LogP contribution in [0.4, 0.5) is 0 Å². The minimum atomic E-state index is -2.39. The summed E-state index contributed by atoms with van der Waals surface area (Å²) < 4.78 is 67.2. The molecule has 0 spiro atoms. The molecular weight excluding hydrogens is 416 g/mol. The highest BCUT2D eigenvalue weighted by Gasteiger charge is 2.40. The molecule has 3 heterocycles. The molecule has 0 radical (unpaired) electrons. The molecule has 3 aromatic heterocycles. The lowest BCUT2D eigenvalue weighted by molar-refractivity contribution is -0.660. The fourth-order valence-electron chi connectivity index (χ4n) is 5.49. The molecule has 5 aromatic rings. The third kappa shape index (κ3) is 2.70. The second kappa shape index (κ2) is 7.02. The molecule has 6 rings (SSSR count). The van der Waals surface area contributed by atoms with Crippen LogP contribution in [0.15, 0.2) is 59.3 Å². The Hall–Kier alpha value is -3.46. The summed E-state index contributed by atoms with van der Waals surface area (Å²) in [7, 11) is 1.79. The quantitative estimate of drug-likeness (QED) is 0.258. The Bertz CT molecular complexity index is 1890. The maximum absolute atomic E-state index is 8.74. The first kappa shape index (κ1) is 14.7. The summed E-state index contributed by atoms with van der Waals surface area (Å²) in [5.74, 6) is -1.16. The van der Waals surface area contributed by atoms with Crippen LogP contribution in [0.25, 0.3) is 44.3 Å². The van der Waals surface area contributed by atoms with E-state index in [0.717, 1.165) is 33.0 Å². The number of fused-ring (bicyclic) bond motifs is 7. The van der Waals surface area contributed by atoms with Crippen molar-refractivity contribution in [3.63, 3.8) is 0 Å². The van der Waals surface area contributed by atoms with Crippen molar-refractivity contribution >= 4 is 21.9 Å². The van der Waals surface area contributed by atoms with Crippen molar-refractivity contribution in [3.05, 3.63) is 82.8 Å². The molecular formula is C31H31N2O+. The van der Waals surface area contributed by atoms with Gasteiger partial charge in [0.2, 0.25) is 5.69 Å². The monoisotopic (exact) mass is 454 g/mol. The highest BCUT2D eigenvalue weighted by molar-refractivity contribution is 6.12. The Balaban J connectivity index is 1.72. The lowest BCUT2D eigenvalue weighted by Gasteiger charge is -2.20. The van der Waals surface area contributed by atoms with Gasteiger partial charge < -0.3 is 4.42 Å². The normalized spacial score (nSPS) is 21.1. The molecule has 0 saturated heterocycles. The van der Waals surface area contributed by atoms with Gasteiger partial charge in [-0.25, -0.2) is 4.57 Å². The van der Waals surface area contributed by atoms with Crippen molar-refractivity contribution < 1.29 is 18.6 Å². The maximum Gasteiger partial charge on any atom is 0.216 e. The van der Waals surface area contributed by atoms with Gasteiger partial charge in [-0.05, 0) is 62.3 Å². The Kier molecular flexibility index (Phi) is 3.04. The number of hydrogen-bond donors (Lipinski definition) is 0. The van der Waals surface area contributed by atoms with Crippen molar-refractivity contribution in [1.82, 2.24) is 4.98 Å². The molecule has 3 nitrogen and oxygen atoms in total. The molecule has 3 heteroatoms. The lowest BCUT2D eigenvalue weighted by Crippen LogP contribution is -2.32. The third-order valence-corrected chi connectivity index (χ3v) is 7.16. The lowest BCUT2D eigenvalue weighted by atomic mass is 9.84. The van der Waals surface area contributed by atoms with Crippen molar-refractivity contribution in [1.29, 1.82) is 0 Å².